The topological polar surface area (TPSA) is 49.9 Å². The van der Waals surface area contributed by atoms with E-state index in [4.69, 9.17) is 4.74 Å². The van der Waals surface area contributed by atoms with Gasteiger partial charge in [-0.05, 0) is 32.4 Å². The van der Waals surface area contributed by atoms with Crippen LogP contribution < -0.4 is 4.74 Å². The van der Waals surface area contributed by atoms with Crippen LogP contribution in [0.1, 0.15) is 38.7 Å². The zero-order chi connectivity index (χ0) is 16.8. The van der Waals surface area contributed by atoms with Gasteiger partial charge in [0.25, 0.3) is 0 Å². The number of para-hydroxylation sites is 1. The first-order valence-electron chi connectivity index (χ1n) is 8.27. The molecule has 5 nitrogen and oxygen atoms in total. The Morgan fingerprint density at radius 3 is 2.65 bits per heavy atom. The van der Waals surface area contributed by atoms with Crippen LogP contribution in [0.3, 0.4) is 0 Å². The first kappa shape index (κ1) is 15.8. The second-order valence-electron chi connectivity index (χ2n) is 6.51. The van der Waals surface area contributed by atoms with Crippen molar-refractivity contribution in [2.45, 2.75) is 38.8 Å². The Hall–Kier alpha value is -2.04. The van der Waals surface area contributed by atoms with E-state index in [1.165, 1.54) is 0 Å². The van der Waals surface area contributed by atoms with Gasteiger partial charge in [-0.3, -0.25) is 9.59 Å². The van der Waals surface area contributed by atoms with Crippen LogP contribution in [-0.2, 0) is 9.59 Å². The van der Waals surface area contributed by atoms with E-state index in [1.54, 1.807) is 16.8 Å². The Labute approximate surface area is 137 Å². The third-order valence-electron chi connectivity index (χ3n) is 5.30. The highest BCUT2D eigenvalue weighted by Gasteiger charge is 2.55. The average molecular weight is 316 g/mol. The maximum absolute atomic E-state index is 13.0. The number of carbonyl (C=O) groups excluding carboxylic acids is 2. The monoisotopic (exact) mass is 316 g/mol. The maximum atomic E-state index is 13.0. The number of piperidine rings is 1. The molecule has 0 radical (unpaired) electrons. The van der Waals surface area contributed by atoms with Crippen molar-refractivity contribution >= 4 is 11.8 Å². The largest absolute Gasteiger partial charge is 0.468 e. The minimum atomic E-state index is -0.684. The molecule has 1 saturated heterocycles. The molecule has 0 unspecified atom stereocenters. The summed E-state index contributed by atoms with van der Waals surface area (Å²) in [4.78, 5) is 29.2. The molecule has 2 heterocycles. The predicted octanol–water partition coefficient (Wildman–Crippen LogP) is 2.23. The first-order chi connectivity index (χ1) is 10.9. The molecule has 2 aliphatic heterocycles. The van der Waals surface area contributed by atoms with Crippen LogP contribution in [0, 0.1) is 5.92 Å². The minimum Gasteiger partial charge on any atom is -0.468 e. The number of hydrogen-bond acceptors (Lipinski definition) is 3. The first-order valence-corrected chi connectivity index (χ1v) is 8.27. The van der Waals surface area contributed by atoms with Gasteiger partial charge in [-0.2, -0.15) is 0 Å². The Balaban J connectivity index is 2.08. The molecule has 1 fully saturated rings. The molecule has 2 bridgehead atoms. The van der Waals surface area contributed by atoms with E-state index in [9.17, 15) is 9.59 Å². The zero-order valence-electron chi connectivity index (χ0n) is 14.2. The molecule has 0 aliphatic carbocycles. The van der Waals surface area contributed by atoms with Gasteiger partial charge < -0.3 is 14.5 Å². The molecule has 0 spiro atoms. The fraction of sp³-hybridized carbons (Fsp3) is 0.556. The molecule has 0 N–H and O–H groups in total. The van der Waals surface area contributed by atoms with Crippen LogP contribution in [0.5, 0.6) is 5.75 Å². The fourth-order valence-corrected chi connectivity index (χ4v) is 3.80. The molecule has 1 aromatic carbocycles. The van der Waals surface area contributed by atoms with Crippen molar-refractivity contribution in [2.24, 2.45) is 5.92 Å². The van der Waals surface area contributed by atoms with Crippen LogP contribution in [0.15, 0.2) is 24.3 Å². The Kier molecular flexibility index (Phi) is 3.82. The summed E-state index contributed by atoms with van der Waals surface area (Å²) in [6.45, 7) is 7.04. The summed E-state index contributed by atoms with van der Waals surface area (Å²) in [5.41, 5.74) is 0.285. The van der Waals surface area contributed by atoms with Crippen molar-refractivity contribution in [1.82, 2.24) is 9.80 Å². The highest BCUT2D eigenvalue weighted by molar-refractivity contribution is 6.02. The number of nitrogens with zero attached hydrogens (tertiary/aromatic N) is 2. The third-order valence-corrected chi connectivity index (χ3v) is 5.30. The van der Waals surface area contributed by atoms with Crippen molar-refractivity contribution in [3.8, 4) is 5.75 Å². The molecule has 23 heavy (non-hydrogen) atoms. The van der Waals surface area contributed by atoms with Gasteiger partial charge in [0.15, 0.2) is 5.72 Å². The van der Waals surface area contributed by atoms with Crippen molar-refractivity contribution in [3.05, 3.63) is 29.8 Å². The smallest absolute Gasteiger partial charge is 0.238 e. The summed E-state index contributed by atoms with van der Waals surface area (Å²) < 4.78 is 6.09. The molecule has 3 atom stereocenters. The summed E-state index contributed by atoms with van der Waals surface area (Å²) in [7, 11) is 1.73. The SMILES string of the molecule is CCN(CC)C(=O)[C@@H]1C(=O)N(C)[C@]2(C)C[C@@H]1c1ccccc1O2. The number of likely N-dealkylation sites (tertiary alicyclic amines) is 1. The van der Waals surface area contributed by atoms with Crippen LogP contribution >= 0.6 is 0 Å². The molecule has 5 heteroatoms. The molecule has 2 amide bonds. The minimum absolute atomic E-state index is 0.0735. The highest BCUT2D eigenvalue weighted by atomic mass is 16.5. The lowest BCUT2D eigenvalue weighted by molar-refractivity contribution is -0.174. The quantitative estimate of drug-likeness (QED) is 0.804. The van der Waals surface area contributed by atoms with Crippen LogP contribution in [-0.4, -0.2) is 47.5 Å². The average Bonchev–Trinajstić information content (AvgIpc) is 2.54. The number of ether oxygens (including phenoxy) is 1. The molecule has 0 saturated carbocycles. The molecule has 2 aliphatic rings. The normalized spacial score (nSPS) is 28.9. The van der Waals surface area contributed by atoms with Crippen LogP contribution in [0.4, 0.5) is 0 Å². The summed E-state index contributed by atoms with van der Waals surface area (Å²) in [6, 6.07) is 7.75. The summed E-state index contributed by atoms with van der Waals surface area (Å²) in [6.07, 6.45) is 0.643. The Bertz CT molecular complexity index is 641. The molecule has 0 aromatic heterocycles. The van der Waals surface area contributed by atoms with E-state index in [0.717, 1.165) is 11.3 Å². The number of hydrogen-bond donors (Lipinski definition) is 0. The lowest BCUT2D eigenvalue weighted by atomic mass is 9.73. The van der Waals surface area contributed by atoms with Crippen molar-refractivity contribution in [1.29, 1.82) is 0 Å². The second kappa shape index (κ2) is 5.55. The lowest BCUT2D eigenvalue weighted by Gasteiger charge is -2.52. The van der Waals surface area contributed by atoms with Gasteiger partial charge in [-0.25, -0.2) is 0 Å². The van der Waals surface area contributed by atoms with E-state index < -0.39 is 11.6 Å². The van der Waals surface area contributed by atoms with E-state index >= 15 is 0 Å². The van der Waals surface area contributed by atoms with E-state index in [-0.39, 0.29) is 17.7 Å². The third kappa shape index (κ3) is 2.30. The van der Waals surface area contributed by atoms with E-state index in [0.29, 0.717) is 19.5 Å². The van der Waals surface area contributed by atoms with Crippen LogP contribution in [0.2, 0.25) is 0 Å². The second-order valence-corrected chi connectivity index (χ2v) is 6.51. The van der Waals surface area contributed by atoms with Crippen molar-refractivity contribution in [2.75, 3.05) is 20.1 Å². The van der Waals surface area contributed by atoms with Crippen molar-refractivity contribution in [3.63, 3.8) is 0 Å². The summed E-state index contributed by atoms with van der Waals surface area (Å²) in [5.74, 6) is -0.214. The highest BCUT2D eigenvalue weighted by Crippen LogP contribution is 2.49. The van der Waals surface area contributed by atoms with E-state index in [2.05, 4.69) is 0 Å². The Morgan fingerprint density at radius 1 is 1.35 bits per heavy atom. The maximum Gasteiger partial charge on any atom is 0.238 e. The number of amides is 2. The summed E-state index contributed by atoms with van der Waals surface area (Å²) in [5, 5.41) is 0. The zero-order valence-corrected chi connectivity index (χ0v) is 14.2. The number of carbonyl (C=O) groups is 2. The molecule has 124 valence electrons. The molecular formula is C18H24N2O3. The van der Waals surface area contributed by atoms with Gasteiger partial charge in [0.1, 0.15) is 11.7 Å². The van der Waals surface area contributed by atoms with Gasteiger partial charge in [0, 0.05) is 32.5 Å². The fourth-order valence-electron chi connectivity index (χ4n) is 3.80. The van der Waals surface area contributed by atoms with Gasteiger partial charge in [-0.1, -0.05) is 18.2 Å². The molecule has 1 aromatic rings. The van der Waals surface area contributed by atoms with E-state index in [1.807, 2.05) is 45.0 Å². The van der Waals surface area contributed by atoms with Gasteiger partial charge in [0.2, 0.25) is 11.8 Å². The number of fused-ring (bicyclic) bond motifs is 4. The van der Waals surface area contributed by atoms with Gasteiger partial charge in [-0.15, -0.1) is 0 Å². The lowest BCUT2D eigenvalue weighted by Crippen LogP contribution is -2.63. The predicted molar refractivity (Wildman–Crippen MR) is 87.0 cm³/mol. The van der Waals surface area contributed by atoms with Crippen molar-refractivity contribution < 1.29 is 14.3 Å². The molecular weight excluding hydrogens is 292 g/mol. The van der Waals surface area contributed by atoms with Gasteiger partial charge >= 0.3 is 0 Å². The van der Waals surface area contributed by atoms with Gasteiger partial charge in [0.05, 0.1) is 0 Å². The number of rotatable bonds is 3. The number of benzene rings is 1. The molecule has 3 rings (SSSR count). The van der Waals surface area contributed by atoms with Crippen LogP contribution in [0.25, 0.3) is 0 Å². The summed E-state index contributed by atoms with van der Waals surface area (Å²) >= 11 is 0. The Morgan fingerprint density at radius 2 is 2.00 bits per heavy atom. The standard InChI is InChI=1S/C18H24N2O3/c1-5-20(6-2)17(22)15-13-11-18(3,19(4)16(15)21)23-14-10-8-7-9-12(13)14/h7-10,13,15H,5-6,11H2,1-4H3/t13-,15+,18+/m1/s1.